The van der Waals surface area contributed by atoms with Crippen molar-refractivity contribution in [1.82, 2.24) is 19.7 Å². The molecular weight excluding hydrogens is 350 g/mol. The fourth-order valence-corrected chi connectivity index (χ4v) is 3.71. The number of Topliss-reactive ketones (excluding diaryl/α,β-unsaturated/α-hetero) is 1. The van der Waals surface area contributed by atoms with E-state index in [0.717, 1.165) is 17.1 Å². The summed E-state index contributed by atoms with van der Waals surface area (Å²) >= 11 is 0. The van der Waals surface area contributed by atoms with Crippen LogP contribution in [-0.2, 0) is 6.42 Å². The third kappa shape index (κ3) is 2.63. The molecular formula is C20H14F2N4O. The van der Waals surface area contributed by atoms with E-state index >= 15 is 0 Å². The van der Waals surface area contributed by atoms with E-state index in [1.165, 1.54) is 18.3 Å². The van der Waals surface area contributed by atoms with E-state index in [9.17, 15) is 13.6 Å². The van der Waals surface area contributed by atoms with Crippen molar-refractivity contribution in [2.45, 2.75) is 18.8 Å². The average Bonchev–Trinajstić information content (AvgIpc) is 3.24. The highest BCUT2D eigenvalue weighted by atomic mass is 19.1. The molecule has 0 amide bonds. The Labute approximate surface area is 152 Å². The summed E-state index contributed by atoms with van der Waals surface area (Å²) in [4.78, 5) is 20.3. The number of halogens is 2. The molecule has 2 heterocycles. The van der Waals surface area contributed by atoms with Crippen molar-refractivity contribution in [2.24, 2.45) is 0 Å². The smallest absolute Gasteiger partial charge is 0.229 e. The number of nitrogens with one attached hydrogen (secondary N) is 1. The van der Waals surface area contributed by atoms with E-state index in [-0.39, 0.29) is 18.1 Å². The number of hydrogen-bond donors (Lipinski definition) is 1. The molecule has 1 N–H and O–H groups in total. The second-order valence-corrected chi connectivity index (χ2v) is 6.73. The first kappa shape index (κ1) is 15.9. The quantitative estimate of drug-likeness (QED) is 0.586. The van der Waals surface area contributed by atoms with Gasteiger partial charge in [0.15, 0.2) is 5.78 Å². The molecule has 1 aliphatic carbocycles. The molecule has 2 aromatic heterocycles. The van der Waals surface area contributed by atoms with Crippen LogP contribution in [0.25, 0.3) is 17.0 Å². The van der Waals surface area contributed by atoms with E-state index in [2.05, 4.69) is 15.1 Å². The number of hydrogen-bond acceptors (Lipinski definition) is 3. The highest BCUT2D eigenvalue weighted by Crippen LogP contribution is 2.34. The van der Waals surface area contributed by atoms with Gasteiger partial charge in [0.05, 0.1) is 28.5 Å². The number of rotatable bonds is 2. The van der Waals surface area contributed by atoms with Crippen LogP contribution in [0.2, 0.25) is 0 Å². The molecule has 5 nitrogen and oxygen atoms in total. The molecule has 2 aromatic carbocycles. The maximum Gasteiger partial charge on any atom is 0.229 e. The van der Waals surface area contributed by atoms with Crippen LogP contribution in [0.1, 0.15) is 34.0 Å². The number of ketones is 1. The van der Waals surface area contributed by atoms with Crippen molar-refractivity contribution in [2.75, 3.05) is 0 Å². The highest BCUT2D eigenvalue weighted by Gasteiger charge is 2.31. The van der Waals surface area contributed by atoms with Gasteiger partial charge in [0.2, 0.25) is 5.95 Å². The maximum absolute atomic E-state index is 13.6. The highest BCUT2D eigenvalue weighted by molar-refractivity contribution is 5.98. The fourth-order valence-electron chi connectivity index (χ4n) is 3.71. The summed E-state index contributed by atoms with van der Waals surface area (Å²) in [6.07, 6.45) is 2.18. The molecule has 4 aromatic rings. The van der Waals surface area contributed by atoms with Crippen LogP contribution < -0.4 is 0 Å². The fraction of sp³-hybridized carbons (Fsp3) is 0.150. The number of carbonyl (C=O) groups excluding carboxylic acids is 1. The molecule has 0 radical (unpaired) electrons. The van der Waals surface area contributed by atoms with Gasteiger partial charge in [-0.05, 0) is 42.2 Å². The lowest BCUT2D eigenvalue weighted by molar-refractivity contribution is 0.0963. The number of aromatic amines is 1. The van der Waals surface area contributed by atoms with Crippen LogP contribution in [0.15, 0.2) is 48.7 Å². The molecule has 1 aliphatic rings. The van der Waals surface area contributed by atoms with Gasteiger partial charge in [-0.25, -0.2) is 18.4 Å². The van der Waals surface area contributed by atoms with Crippen LogP contribution >= 0.6 is 0 Å². The van der Waals surface area contributed by atoms with Crippen molar-refractivity contribution in [1.29, 1.82) is 0 Å². The lowest BCUT2D eigenvalue weighted by Crippen LogP contribution is -2.20. The SMILES string of the molecule is O=C1CC(c2cc(F)cc(F)c2)Cc2c1cnn2-c1nc2ccccc2[nH]1. The Balaban J connectivity index is 1.58. The first-order valence-corrected chi connectivity index (χ1v) is 8.60. The van der Waals surface area contributed by atoms with E-state index in [1.807, 2.05) is 24.3 Å². The van der Waals surface area contributed by atoms with Crippen LogP contribution in [-0.4, -0.2) is 25.5 Å². The van der Waals surface area contributed by atoms with E-state index < -0.39 is 11.6 Å². The number of benzene rings is 2. The van der Waals surface area contributed by atoms with Crippen molar-refractivity contribution in [3.8, 4) is 5.95 Å². The minimum absolute atomic E-state index is 0.0896. The summed E-state index contributed by atoms with van der Waals surface area (Å²) in [7, 11) is 0. The van der Waals surface area contributed by atoms with Gasteiger partial charge in [0, 0.05) is 12.5 Å². The number of para-hydroxylation sites is 2. The Morgan fingerprint density at radius 2 is 1.85 bits per heavy atom. The molecule has 7 heteroatoms. The van der Waals surface area contributed by atoms with Gasteiger partial charge < -0.3 is 4.98 Å². The molecule has 27 heavy (non-hydrogen) atoms. The Morgan fingerprint density at radius 3 is 2.63 bits per heavy atom. The van der Waals surface area contributed by atoms with Gasteiger partial charge in [0.25, 0.3) is 0 Å². The molecule has 0 fully saturated rings. The zero-order chi connectivity index (χ0) is 18.5. The third-order valence-electron chi connectivity index (χ3n) is 4.97. The zero-order valence-electron chi connectivity index (χ0n) is 14.1. The van der Waals surface area contributed by atoms with Crippen LogP contribution in [0, 0.1) is 11.6 Å². The predicted octanol–water partition coefficient (Wildman–Crippen LogP) is 3.94. The Morgan fingerprint density at radius 1 is 1.07 bits per heavy atom. The second-order valence-electron chi connectivity index (χ2n) is 6.73. The summed E-state index contributed by atoms with van der Waals surface area (Å²) in [5.74, 6) is -1.18. The lowest BCUT2D eigenvalue weighted by atomic mass is 9.82. The summed E-state index contributed by atoms with van der Waals surface area (Å²) in [5.41, 5.74) is 3.36. The van der Waals surface area contributed by atoms with Crippen LogP contribution in [0.4, 0.5) is 8.78 Å². The molecule has 0 aliphatic heterocycles. The minimum Gasteiger partial charge on any atom is -0.322 e. The van der Waals surface area contributed by atoms with Crippen molar-refractivity contribution in [3.05, 3.63) is 77.1 Å². The molecule has 0 spiro atoms. The normalized spacial score (nSPS) is 16.7. The molecule has 1 atom stereocenters. The number of nitrogens with zero attached hydrogens (tertiary/aromatic N) is 3. The van der Waals surface area contributed by atoms with E-state index in [1.54, 1.807) is 4.68 Å². The first-order chi connectivity index (χ1) is 13.1. The number of carbonyl (C=O) groups is 1. The van der Waals surface area contributed by atoms with E-state index in [4.69, 9.17) is 0 Å². The Kier molecular flexibility index (Phi) is 3.43. The topological polar surface area (TPSA) is 63.6 Å². The molecule has 5 rings (SSSR count). The van der Waals surface area contributed by atoms with Gasteiger partial charge in [-0.2, -0.15) is 5.10 Å². The first-order valence-electron chi connectivity index (χ1n) is 8.60. The lowest BCUT2D eigenvalue weighted by Gasteiger charge is -2.22. The zero-order valence-corrected chi connectivity index (χ0v) is 14.1. The van der Waals surface area contributed by atoms with Crippen molar-refractivity contribution < 1.29 is 13.6 Å². The predicted molar refractivity (Wildman–Crippen MR) is 95.0 cm³/mol. The molecule has 0 saturated carbocycles. The summed E-state index contributed by atoms with van der Waals surface area (Å²) in [6, 6.07) is 11.0. The Hall–Kier alpha value is -3.35. The molecule has 1 unspecified atom stereocenters. The monoisotopic (exact) mass is 364 g/mol. The third-order valence-corrected chi connectivity index (χ3v) is 4.97. The average molecular weight is 364 g/mol. The standard InChI is InChI=1S/C20H14F2N4O/c21-13-5-11(6-14(22)9-13)12-7-18-15(19(27)8-12)10-23-26(18)20-24-16-3-1-2-4-17(16)25-20/h1-6,9-10,12H,7-8H2,(H,24,25). The van der Waals surface area contributed by atoms with Crippen molar-refractivity contribution in [3.63, 3.8) is 0 Å². The van der Waals surface area contributed by atoms with Gasteiger partial charge in [-0.1, -0.05) is 12.1 Å². The van der Waals surface area contributed by atoms with E-state index in [0.29, 0.717) is 29.2 Å². The molecule has 0 saturated heterocycles. The minimum atomic E-state index is -0.644. The molecule has 134 valence electrons. The molecule has 0 bridgehead atoms. The number of H-pyrrole nitrogens is 1. The second kappa shape index (κ2) is 5.84. The van der Waals surface area contributed by atoms with Gasteiger partial charge in [0.1, 0.15) is 11.6 Å². The summed E-state index contributed by atoms with van der Waals surface area (Å²) in [6.45, 7) is 0. The largest absolute Gasteiger partial charge is 0.322 e. The summed E-state index contributed by atoms with van der Waals surface area (Å²) in [5, 5.41) is 4.33. The number of aromatic nitrogens is 4. The van der Waals surface area contributed by atoms with Gasteiger partial charge in [-0.3, -0.25) is 4.79 Å². The maximum atomic E-state index is 13.6. The number of fused-ring (bicyclic) bond motifs is 2. The van der Waals surface area contributed by atoms with Crippen LogP contribution in [0.3, 0.4) is 0 Å². The van der Waals surface area contributed by atoms with Gasteiger partial charge >= 0.3 is 0 Å². The summed E-state index contributed by atoms with van der Waals surface area (Å²) < 4.78 is 28.8. The Bertz CT molecular complexity index is 1140. The van der Waals surface area contributed by atoms with Gasteiger partial charge in [-0.15, -0.1) is 0 Å². The number of imidazole rings is 1. The van der Waals surface area contributed by atoms with Crippen LogP contribution in [0.5, 0.6) is 0 Å². The van der Waals surface area contributed by atoms with Crippen molar-refractivity contribution >= 4 is 16.8 Å².